The lowest BCUT2D eigenvalue weighted by Gasteiger charge is -2.24. The van der Waals surface area contributed by atoms with Gasteiger partial charge < -0.3 is 15.4 Å². The summed E-state index contributed by atoms with van der Waals surface area (Å²) < 4.78 is 5.35. The topological polar surface area (TPSA) is 87.7 Å². The van der Waals surface area contributed by atoms with E-state index < -0.39 is 0 Å². The molecule has 0 saturated carbocycles. The number of fused-ring (bicyclic) bond motifs is 1. The number of rotatable bonds is 5. The van der Waals surface area contributed by atoms with E-state index in [1.165, 1.54) is 12.0 Å². The number of carbonyl (C=O) groups excluding carboxylic acids is 3. The van der Waals surface area contributed by atoms with Gasteiger partial charge in [-0.1, -0.05) is 18.2 Å². The van der Waals surface area contributed by atoms with Crippen molar-refractivity contribution in [3.63, 3.8) is 0 Å². The summed E-state index contributed by atoms with van der Waals surface area (Å²) in [4.78, 5) is 39.3. The number of nitrogens with zero attached hydrogens (tertiary/aromatic N) is 1. The van der Waals surface area contributed by atoms with Crippen molar-refractivity contribution in [1.82, 2.24) is 15.5 Å². The number of benzene rings is 2. The monoisotopic (exact) mass is 393 g/mol. The van der Waals surface area contributed by atoms with Gasteiger partial charge in [0.1, 0.15) is 5.75 Å². The van der Waals surface area contributed by atoms with Gasteiger partial charge in [0.2, 0.25) is 0 Å². The van der Waals surface area contributed by atoms with Gasteiger partial charge in [-0.05, 0) is 49.2 Å². The first-order valence-electron chi connectivity index (χ1n) is 9.72. The van der Waals surface area contributed by atoms with Gasteiger partial charge in [-0.15, -0.1) is 0 Å². The predicted octanol–water partition coefficient (Wildman–Crippen LogP) is 1.97. The molecule has 0 unspecified atom stereocenters. The van der Waals surface area contributed by atoms with Crippen LogP contribution in [0.1, 0.15) is 49.5 Å². The second-order valence-electron chi connectivity index (χ2n) is 7.29. The van der Waals surface area contributed by atoms with Gasteiger partial charge in [0.05, 0.1) is 30.3 Å². The zero-order valence-corrected chi connectivity index (χ0v) is 16.2. The van der Waals surface area contributed by atoms with Gasteiger partial charge in [0.25, 0.3) is 17.7 Å². The lowest BCUT2D eigenvalue weighted by Crippen LogP contribution is -2.45. The van der Waals surface area contributed by atoms with Crippen LogP contribution < -0.4 is 15.4 Å². The quantitative estimate of drug-likeness (QED) is 0.759. The highest BCUT2D eigenvalue weighted by molar-refractivity contribution is 6.21. The maximum Gasteiger partial charge on any atom is 0.261 e. The zero-order valence-electron chi connectivity index (χ0n) is 16.2. The summed E-state index contributed by atoms with van der Waals surface area (Å²) in [6.07, 6.45) is 1.94. The average Bonchev–Trinajstić information content (AvgIpc) is 2.99. The number of hydrogen-bond donors (Lipinski definition) is 2. The van der Waals surface area contributed by atoms with Crippen LogP contribution in [0.4, 0.5) is 0 Å². The van der Waals surface area contributed by atoms with Crippen LogP contribution in [0.5, 0.6) is 5.75 Å². The Hall–Kier alpha value is -3.19. The Morgan fingerprint density at radius 3 is 2.52 bits per heavy atom. The maximum atomic E-state index is 12.8. The molecule has 0 bridgehead atoms. The van der Waals surface area contributed by atoms with Gasteiger partial charge in [0.15, 0.2) is 0 Å². The number of carbonyl (C=O) groups is 3. The van der Waals surface area contributed by atoms with Crippen molar-refractivity contribution in [2.24, 2.45) is 0 Å². The van der Waals surface area contributed by atoms with Crippen LogP contribution in [-0.4, -0.2) is 48.9 Å². The molecule has 7 heteroatoms. The Balaban J connectivity index is 1.55. The summed E-state index contributed by atoms with van der Waals surface area (Å²) in [5, 5.41) is 6.30. The van der Waals surface area contributed by atoms with Crippen molar-refractivity contribution in [3.05, 3.63) is 64.7 Å². The lowest BCUT2D eigenvalue weighted by atomic mass is 10.1. The maximum absolute atomic E-state index is 12.8. The summed E-state index contributed by atoms with van der Waals surface area (Å²) in [6.45, 7) is 1.80. The standard InChI is InChI=1S/C22H23N3O4/c1-29-19-9-8-14(11-18(19)20(26)24-15-5-4-10-23-12-15)13-25-21(27)16-6-2-3-7-17(16)22(25)28/h2-3,6-9,11,15,23H,4-5,10,12-13H2,1H3,(H,24,26)/t15-/m0/s1. The predicted molar refractivity (Wildman–Crippen MR) is 107 cm³/mol. The summed E-state index contributed by atoms with van der Waals surface area (Å²) in [5.41, 5.74) is 1.90. The average molecular weight is 393 g/mol. The molecule has 29 heavy (non-hydrogen) atoms. The first-order valence-corrected chi connectivity index (χ1v) is 9.72. The molecule has 0 spiro atoms. The van der Waals surface area contributed by atoms with Crippen molar-refractivity contribution in [2.45, 2.75) is 25.4 Å². The number of piperidine rings is 1. The number of ether oxygens (including phenoxy) is 1. The molecule has 0 radical (unpaired) electrons. The van der Waals surface area contributed by atoms with Gasteiger partial charge in [0, 0.05) is 12.6 Å². The van der Waals surface area contributed by atoms with Crippen LogP contribution >= 0.6 is 0 Å². The molecule has 1 saturated heterocycles. The van der Waals surface area contributed by atoms with E-state index in [-0.39, 0.29) is 30.3 Å². The van der Waals surface area contributed by atoms with Crippen LogP contribution in [0, 0.1) is 0 Å². The minimum Gasteiger partial charge on any atom is -0.496 e. The Labute approximate surface area is 169 Å². The summed E-state index contributed by atoms with van der Waals surface area (Å²) in [7, 11) is 1.51. The van der Waals surface area contributed by atoms with E-state index in [1.807, 2.05) is 0 Å². The zero-order chi connectivity index (χ0) is 20.4. The Morgan fingerprint density at radius 2 is 1.90 bits per heavy atom. The van der Waals surface area contributed by atoms with Crippen LogP contribution in [-0.2, 0) is 6.54 Å². The summed E-state index contributed by atoms with van der Waals surface area (Å²) in [5.74, 6) is -0.404. The normalized spacial score (nSPS) is 18.5. The third-order valence-electron chi connectivity index (χ3n) is 5.36. The number of nitrogens with one attached hydrogen (secondary N) is 2. The van der Waals surface area contributed by atoms with Gasteiger partial charge in [-0.3, -0.25) is 19.3 Å². The first kappa shape index (κ1) is 19.1. The van der Waals surface area contributed by atoms with Crippen molar-refractivity contribution in [1.29, 1.82) is 0 Å². The molecule has 7 nitrogen and oxygen atoms in total. The Kier molecular flexibility index (Phi) is 5.31. The third kappa shape index (κ3) is 3.73. The first-order chi connectivity index (χ1) is 14.1. The molecule has 2 aromatic carbocycles. The Bertz CT molecular complexity index is 931. The van der Waals surface area contributed by atoms with Crippen LogP contribution in [0.25, 0.3) is 0 Å². The highest BCUT2D eigenvalue weighted by Gasteiger charge is 2.35. The van der Waals surface area contributed by atoms with Crippen molar-refractivity contribution >= 4 is 17.7 Å². The third-order valence-corrected chi connectivity index (χ3v) is 5.36. The van der Waals surface area contributed by atoms with Crippen molar-refractivity contribution < 1.29 is 19.1 Å². The minimum absolute atomic E-state index is 0.0702. The Morgan fingerprint density at radius 1 is 1.17 bits per heavy atom. The highest BCUT2D eigenvalue weighted by atomic mass is 16.5. The fraction of sp³-hybridized carbons (Fsp3) is 0.318. The SMILES string of the molecule is COc1ccc(CN2C(=O)c3ccccc3C2=O)cc1C(=O)N[C@H]1CCCNC1. The minimum atomic E-state index is -0.319. The molecule has 0 aliphatic carbocycles. The largest absolute Gasteiger partial charge is 0.496 e. The van der Waals surface area contributed by atoms with Gasteiger partial charge in [-0.25, -0.2) is 0 Å². The van der Waals surface area contributed by atoms with E-state index in [4.69, 9.17) is 4.74 Å². The fourth-order valence-electron chi connectivity index (χ4n) is 3.83. The van der Waals surface area contributed by atoms with E-state index in [0.717, 1.165) is 25.9 Å². The molecule has 1 fully saturated rings. The van der Waals surface area contributed by atoms with E-state index in [1.54, 1.807) is 42.5 Å². The number of imide groups is 1. The smallest absolute Gasteiger partial charge is 0.261 e. The van der Waals surface area contributed by atoms with E-state index >= 15 is 0 Å². The number of amides is 3. The van der Waals surface area contributed by atoms with Crippen molar-refractivity contribution in [2.75, 3.05) is 20.2 Å². The molecule has 2 aliphatic rings. The highest BCUT2D eigenvalue weighted by Crippen LogP contribution is 2.26. The molecule has 2 heterocycles. The molecule has 4 rings (SSSR count). The molecule has 2 aliphatic heterocycles. The van der Waals surface area contributed by atoms with E-state index in [2.05, 4.69) is 10.6 Å². The molecule has 150 valence electrons. The number of hydrogen-bond acceptors (Lipinski definition) is 5. The van der Waals surface area contributed by atoms with Crippen LogP contribution in [0.15, 0.2) is 42.5 Å². The molecule has 3 amide bonds. The second kappa shape index (κ2) is 8.05. The molecular formula is C22H23N3O4. The van der Waals surface area contributed by atoms with Crippen LogP contribution in [0.2, 0.25) is 0 Å². The lowest BCUT2D eigenvalue weighted by molar-refractivity contribution is 0.0642. The van der Waals surface area contributed by atoms with Gasteiger partial charge in [-0.2, -0.15) is 0 Å². The molecular weight excluding hydrogens is 370 g/mol. The van der Waals surface area contributed by atoms with E-state index in [9.17, 15) is 14.4 Å². The summed E-state index contributed by atoms with van der Waals surface area (Å²) in [6, 6.07) is 12.0. The fourth-order valence-corrected chi connectivity index (χ4v) is 3.83. The van der Waals surface area contributed by atoms with Crippen molar-refractivity contribution in [3.8, 4) is 5.75 Å². The molecule has 2 aromatic rings. The molecule has 0 aromatic heterocycles. The molecule has 1 atom stereocenters. The molecule has 2 N–H and O–H groups in total. The van der Waals surface area contributed by atoms with Gasteiger partial charge >= 0.3 is 0 Å². The van der Waals surface area contributed by atoms with Crippen LogP contribution in [0.3, 0.4) is 0 Å². The number of methoxy groups -OCH3 is 1. The second-order valence-corrected chi connectivity index (χ2v) is 7.29. The summed E-state index contributed by atoms with van der Waals surface area (Å²) >= 11 is 0. The van der Waals surface area contributed by atoms with E-state index in [0.29, 0.717) is 28.0 Å².